The largest absolute Gasteiger partial charge is 1.00 e. The first kappa shape index (κ1) is 22.3. The van der Waals surface area contributed by atoms with E-state index in [9.17, 15) is 9.59 Å². The number of hydrogen-bond acceptors (Lipinski definition) is 3. The van der Waals surface area contributed by atoms with Gasteiger partial charge >= 0.3 is 63.3 Å². The van der Waals surface area contributed by atoms with Crippen LogP contribution in [0.25, 0.3) is 0 Å². The van der Waals surface area contributed by atoms with Crippen LogP contribution in [0.1, 0.15) is 29.1 Å². The Hall–Kier alpha value is 0.106. The quantitative estimate of drug-likeness (QED) is 0.445. The predicted molar refractivity (Wildman–Crippen MR) is 64.6 cm³/mol. The van der Waals surface area contributed by atoms with Gasteiger partial charge in [-0.2, -0.15) is 12.6 Å². The molecule has 0 saturated carbocycles. The molecule has 0 aromatic heterocycles. The van der Waals surface area contributed by atoms with Crippen molar-refractivity contribution in [2.24, 2.45) is 0 Å². The van der Waals surface area contributed by atoms with Crippen molar-refractivity contribution in [1.29, 1.82) is 0 Å². The second-order valence-electron chi connectivity index (χ2n) is 2.51. The molecule has 5 nitrogen and oxygen atoms in total. The van der Waals surface area contributed by atoms with E-state index in [1.165, 1.54) is 18.2 Å². The van der Waals surface area contributed by atoms with Crippen LogP contribution >= 0.6 is 12.6 Å². The molecule has 0 aliphatic heterocycles. The molecule has 0 heterocycles. The van der Waals surface area contributed by atoms with E-state index in [-0.39, 0.29) is 69.4 Å². The minimum absolute atomic E-state index is 0. The van der Waals surface area contributed by atoms with E-state index in [2.05, 4.69) is 12.6 Å². The molecule has 0 fully saturated rings. The molecule has 0 bridgehead atoms. The zero-order chi connectivity index (χ0) is 11.8. The monoisotopic (exact) mass is 286 g/mol. The third kappa shape index (κ3) is 9.78. The van der Waals surface area contributed by atoms with E-state index < -0.39 is 11.9 Å². The fraction of sp³-hybridized carbons (Fsp3) is 0.200. The van der Waals surface area contributed by atoms with Crippen molar-refractivity contribution < 1.29 is 78.1 Å². The summed E-state index contributed by atoms with van der Waals surface area (Å²) in [5.74, 6) is -1.31. The fourth-order valence-corrected chi connectivity index (χ4v) is 0.785. The zero-order valence-electron chi connectivity index (χ0n) is 10.7. The Bertz CT molecular complexity index is 333. The van der Waals surface area contributed by atoms with Gasteiger partial charge in [-0.05, 0) is 24.0 Å². The molecular weight excluding hydrogens is 271 g/mol. The van der Waals surface area contributed by atoms with Crippen molar-refractivity contribution in [1.82, 2.24) is 0 Å². The summed E-state index contributed by atoms with van der Waals surface area (Å²) in [5, 5.41) is 17.0. The summed E-state index contributed by atoms with van der Waals surface area (Å²) < 4.78 is 0. The molecule has 0 spiro atoms. The summed E-state index contributed by atoms with van der Waals surface area (Å²) in [6.07, 6.45) is 0. The van der Waals surface area contributed by atoms with E-state index in [0.717, 1.165) is 11.8 Å². The second kappa shape index (κ2) is 12.6. The third-order valence-corrected chi connectivity index (χ3v) is 1.36. The molecule has 4 N–H and O–H groups in total. The summed E-state index contributed by atoms with van der Waals surface area (Å²) in [5.41, 5.74) is -0.0372. The third-order valence-electron chi connectivity index (χ3n) is 1.36. The second-order valence-corrected chi connectivity index (χ2v) is 3.14. The van der Waals surface area contributed by atoms with Gasteiger partial charge in [0, 0.05) is 0 Å². The molecular formula is C10H15KO5S. The maximum atomic E-state index is 10.4. The maximum Gasteiger partial charge on any atom is 1.00 e. The Labute approximate surface area is 149 Å². The smallest absolute Gasteiger partial charge is 1.00 e. The van der Waals surface area contributed by atoms with Crippen molar-refractivity contribution in [3.8, 4) is 0 Å². The van der Waals surface area contributed by atoms with Crippen LogP contribution in [0.3, 0.4) is 0 Å². The van der Waals surface area contributed by atoms with Crippen LogP contribution in [0.4, 0.5) is 0 Å². The molecule has 0 atom stereocenters. The average molecular weight is 286 g/mol. The van der Waals surface area contributed by atoms with Gasteiger partial charge in [-0.15, -0.1) is 0 Å². The predicted octanol–water partition coefficient (Wildman–Crippen LogP) is -1.69. The minimum Gasteiger partial charge on any atom is -1.00 e. The molecule has 92 valence electrons. The molecule has 1 aromatic rings. The first-order chi connectivity index (χ1) is 7.02. The topological polar surface area (TPSA) is 106 Å². The minimum atomic E-state index is -1.13. The van der Waals surface area contributed by atoms with Crippen molar-refractivity contribution >= 4 is 24.6 Å². The van der Waals surface area contributed by atoms with Gasteiger partial charge in [-0.25, -0.2) is 9.59 Å². The number of rotatable bonds is 2. The standard InChI is InChI=1S/C8H6O4.C2H6S.K.H2O.H/c9-7(10)5-2-1-3-6(4-5)8(11)12;1-2-3;;;/h1-4H,(H,9,10)(H,11,12);3H,2H2,1H3;;1H2;/q;;+1;;-1. The first-order valence-electron chi connectivity index (χ1n) is 4.20. The Kier molecular flexibility index (Phi) is 16.5. The SMILES string of the molecule is CCS.O.O=C(O)c1cccc(C(=O)O)c1.[H-].[K+]. The van der Waals surface area contributed by atoms with Crippen molar-refractivity contribution in [2.75, 3.05) is 5.75 Å². The summed E-state index contributed by atoms with van der Waals surface area (Å²) in [6, 6.07) is 5.20. The van der Waals surface area contributed by atoms with Crippen molar-refractivity contribution in [3.63, 3.8) is 0 Å². The van der Waals surface area contributed by atoms with Gasteiger partial charge in [0.1, 0.15) is 0 Å². The summed E-state index contributed by atoms with van der Waals surface area (Å²) in [4.78, 5) is 20.8. The van der Waals surface area contributed by atoms with Crippen LogP contribution in [0.2, 0.25) is 0 Å². The molecule has 17 heavy (non-hydrogen) atoms. The van der Waals surface area contributed by atoms with Crippen LogP contribution in [0, 0.1) is 0 Å². The van der Waals surface area contributed by atoms with Gasteiger partial charge < -0.3 is 17.1 Å². The van der Waals surface area contributed by atoms with Crippen LogP contribution in [-0.2, 0) is 0 Å². The molecule has 0 aliphatic rings. The van der Waals surface area contributed by atoms with E-state index in [4.69, 9.17) is 10.2 Å². The Morgan fingerprint density at radius 1 is 1.24 bits per heavy atom. The number of aromatic carboxylic acids is 2. The Morgan fingerprint density at radius 3 is 1.76 bits per heavy atom. The summed E-state index contributed by atoms with van der Waals surface area (Å²) in [7, 11) is 0. The average Bonchev–Trinajstić information content (AvgIpc) is 2.19. The number of thiol groups is 1. The van der Waals surface area contributed by atoms with Gasteiger partial charge in [0.15, 0.2) is 0 Å². The number of carboxylic acids is 2. The number of carboxylic acid groups (broad SMARTS) is 2. The molecule has 0 radical (unpaired) electrons. The van der Waals surface area contributed by atoms with Gasteiger partial charge in [0.05, 0.1) is 11.1 Å². The Morgan fingerprint density at radius 2 is 1.53 bits per heavy atom. The molecule has 0 unspecified atom stereocenters. The van der Waals surface area contributed by atoms with Gasteiger partial charge in [-0.3, -0.25) is 0 Å². The molecule has 1 aromatic carbocycles. The van der Waals surface area contributed by atoms with E-state index in [0.29, 0.717) is 0 Å². The van der Waals surface area contributed by atoms with Crippen LogP contribution in [0.5, 0.6) is 0 Å². The van der Waals surface area contributed by atoms with E-state index in [1.807, 2.05) is 6.92 Å². The number of carbonyl (C=O) groups is 2. The van der Waals surface area contributed by atoms with E-state index >= 15 is 0 Å². The van der Waals surface area contributed by atoms with Gasteiger partial charge in [0.2, 0.25) is 0 Å². The van der Waals surface area contributed by atoms with Crippen molar-refractivity contribution in [2.45, 2.75) is 6.92 Å². The van der Waals surface area contributed by atoms with Gasteiger partial charge in [-0.1, -0.05) is 13.0 Å². The maximum absolute atomic E-state index is 10.4. The van der Waals surface area contributed by atoms with Gasteiger partial charge in [0.25, 0.3) is 0 Å². The molecule has 0 aliphatic carbocycles. The van der Waals surface area contributed by atoms with Crippen LogP contribution in [-0.4, -0.2) is 33.4 Å². The van der Waals surface area contributed by atoms with Crippen molar-refractivity contribution in [3.05, 3.63) is 35.4 Å². The molecule has 1 rings (SSSR count). The van der Waals surface area contributed by atoms with Crippen LogP contribution < -0.4 is 51.4 Å². The number of benzene rings is 1. The molecule has 7 heteroatoms. The number of hydrogen-bond donors (Lipinski definition) is 3. The Balaban J connectivity index is -0.000000149. The fourth-order valence-electron chi connectivity index (χ4n) is 0.785. The van der Waals surface area contributed by atoms with Crippen LogP contribution in [0.15, 0.2) is 24.3 Å². The normalized spacial score (nSPS) is 7.65. The zero-order valence-corrected chi connectivity index (χ0v) is 13.7. The first-order valence-corrected chi connectivity index (χ1v) is 4.83. The summed E-state index contributed by atoms with van der Waals surface area (Å²) >= 11 is 3.79. The summed E-state index contributed by atoms with van der Waals surface area (Å²) in [6.45, 7) is 1.99. The molecule has 0 saturated heterocycles. The molecule has 0 amide bonds. The van der Waals surface area contributed by atoms with E-state index in [1.54, 1.807) is 0 Å².